The molecule has 0 fully saturated rings. The van der Waals surface area contributed by atoms with E-state index in [4.69, 9.17) is 6.57 Å². The largest absolute Gasteiger partial charge is 0.384 e. The smallest absolute Gasteiger partial charge is 0.274 e. The highest BCUT2D eigenvalue weighted by molar-refractivity contribution is 6.03. The second-order valence-electron chi connectivity index (χ2n) is 6.98. The lowest BCUT2D eigenvalue weighted by molar-refractivity contribution is 0.101. The van der Waals surface area contributed by atoms with Crippen LogP contribution < -0.4 is 5.32 Å². The fourth-order valence-electron chi connectivity index (χ4n) is 3.26. The number of aliphatic hydroxyl groups is 1. The van der Waals surface area contributed by atoms with Crippen LogP contribution in [0.4, 0.5) is 11.4 Å². The molecule has 1 amide bonds. The standard InChI is InChI=1S/C24H19N5O2/c1-16-12-22(29(28-16)21-10-4-8-19(14-21)25-2)24(31)27-20-9-3-6-17(13-20)23(30)18-7-5-11-26-15-18/h3-15,23,30H,1H3,(H,27,31). The zero-order valence-corrected chi connectivity index (χ0v) is 16.7. The predicted octanol–water partition coefficient (Wildman–Crippen LogP) is 4.46. The number of nitrogens with zero attached hydrogens (tertiary/aromatic N) is 4. The zero-order valence-electron chi connectivity index (χ0n) is 16.7. The van der Waals surface area contributed by atoms with Crippen LogP contribution >= 0.6 is 0 Å². The number of pyridine rings is 1. The Hall–Kier alpha value is -4.28. The zero-order chi connectivity index (χ0) is 21.8. The fraction of sp³-hybridized carbons (Fsp3) is 0.0833. The average Bonchev–Trinajstić information content (AvgIpc) is 3.21. The topological polar surface area (TPSA) is 84.4 Å². The number of anilines is 1. The van der Waals surface area contributed by atoms with Crippen LogP contribution in [0.2, 0.25) is 0 Å². The average molecular weight is 409 g/mol. The molecule has 0 bridgehead atoms. The van der Waals surface area contributed by atoms with Gasteiger partial charge in [-0.1, -0.05) is 30.3 Å². The Morgan fingerprint density at radius 2 is 1.90 bits per heavy atom. The molecule has 0 aliphatic heterocycles. The van der Waals surface area contributed by atoms with E-state index in [1.807, 2.05) is 0 Å². The molecule has 2 heterocycles. The Kier molecular flexibility index (Phi) is 5.56. The number of amides is 1. The van der Waals surface area contributed by atoms with Gasteiger partial charge in [0.1, 0.15) is 11.8 Å². The van der Waals surface area contributed by atoms with Crippen LogP contribution in [0.15, 0.2) is 79.1 Å². The Balaban J connectivity index is 1.61. The first-order valence-corrected chi connectivity index (χ1v) is 9.59. The van der Waals surface area contributed by atoms with Crippen molar-refractivity contribution in [3.05, 3.63) is 113 Å². The first-order valence-electron chi connectivity index (χ1n) is 9.59. The van der Waals surface area contributed by atoms with Gasteiger partial charge in [-0.05, 0) is 48.9 Å². The van der Waals surface area contributed by atoms with Crippen LogP contribution in [0.5, 0.6) is 0 Å². The third kappa shape index (κ3) is 4.34. The van der Waals surface area contributed by atoms with Crippen LogP contribution in [0, 0.1) is 13.5 Å². The number of benzene rings is 2. The number of aromatic nitrogens is 3. The maximum absolute atomic E-state index is 13.0. The van der Waals surface area contributed by atoms with Crippen LogP contribution in [-0.4, -0.2) is 25.8 Å². The molecule has 152 valence electrons. The molecular weight excluding hydrogens is 390 g/mol. The Morgan fingerprint density at radius 3 is 2.68 bits per heavy atom. The van der Waals surface area contributed by atoms with Crippen molar-refractivity contribution in [2.24, 2.45) is 0 Å². The van der Waals surface area contributed by atoms with Gasteiger partial charge in [-0.25, -0.2) is 9.53 Å². The summed E-state index contributed by atoms with van der Waals surface area (Å²) in [5, 5.41) is 17.9. The molecule has 1 unspecified atom stereocenters. The Bertz CT molecular complexity index is 1270. The normalized spacial score (nSPS) is 11.5. The van der Waals surface area contributed by atoms with E-state index < -0.39 is 6.10 Å². The number of carbonyl (C=O) groups excluding carboxylic acids is 1. The summed E-state index contributed by atoms with van der Waals surface area (Å²) in [5.74, 6) is -0.346. The summed E-state index contributed by atoms with van der Waals surface area (Å²) >= 11 is 0. The van der Waals surface area contributed by atoms with E-state index in [0.29, 0.717) is 39.6 Å². The molecule has 4 aromatic rings. The molecule has 1 atom stereocenters. The van der Waals surface area contributed by atoms with E-state index in [1.165, 1.54) is 4.68 Å². The number of hydrogen-bond donors (Lipinski definition) is 2. The van der Waals surface area contributed by atoms with Crippen molar-refractivity contribution >= 4 is 17.3 Å². The first kappa shape index (κ1) is 20.0. The van der Waals surface area contributed by atoms with Crippen molar-refractivity contribution in [3.63, 3.8) is 0 Å². The minimum absolute atomic E-state index is 0.345. The second-order valence-corrected chi connectivity index (χ2v) is 6.98. The molecule has 31 heavy (non-hydrogen) atoms. The van der Waals surface area contributed by atoms with Gasteiger partial charge in [-0.2, -0.15) is 5.10 Å². The minimum Gasteiger partial charge on any atom is -0.384 e. The van der Waals surface area contributed by atoms with Gasteiger partial charge < -0.3 is 10.4 Å². The quantitative estimate of drug-likeness (QED) is 0.477. The Morgan fingerprint density at radius 1 is 1.10 bits per heavy atom. The van der Waals surface area contributed by atoms with E-state index in [-0.39, 0.29) is 5.91 Å². The molecule has 0 aliphatic rings. The summed E-state index contributed by atoms with van der Waals surface area (Å²) in [7, 11) is 0. The van der Waals surface area contributed by atoms with Gasteiger partial charge in [-0.3, -0.25) is 9.78 Å². The fourth-order valence-corrected chi connectivity index (χ4v) is 3.26. The van der Waals surface area contributed by atoms with Gasteiger partial charge in [0.2, 0.25) is 0 Å². The van der Waals surface area contributed by atoms with Gasteiger partial charge in [-0.15, -0.1) is 0 Å². The highest BCUT2D eigenvalue weighted by Gasteiger charge is 2.17. The molecule has 4 rings (SSSR count). The molecule has 2 N–H and O–H groups in total. The second kappa shape index (κ2) is 8.61. The Labute approximate surface area is 179 Å². The number of hydrogen-bond acceptors (Lipinski definition) is 4. The summed E-state index contributed by atoms with van der Waals surface area (Å²) < 4.78 is 1.52. The molecule has 2 aromatic heterocycles. The van der Waals surface area contributed by atoms with Crippen molar-refractivity contribution in [1.82, 2.24) is 14.8 Å². The summed E-state index contributed by atoms with van der Waals surface area (Å²) in [6, 6.07) is 19.2. The van der Waals surface area contributed by atoms with E-state index >= 15 is 0 Å². The maximum atomic E-state index is 13.0. The number of aliphatic hydroxyl groups excluding tert-OH is 1. The molecule has 0 spiro atoms. The van der Waals surface area contributed by atoms with Gasteiger partial charge in [0, 0.05) is 23.6 Å². The number of carbonyl (C=O) groups is 1. The first-order chi connectivity index (χ1) is 15.0. The van der Waals surface area contributed by atoms with E-state index in [0.717, 1.165) is 0 Å². The van der Waals surface area contributed by atoms with Crippen molar-refractivity contribution in [3.8, 4) is 5.69 Å². The molecule has 7 nitrogen and oxygen atoms in total. The summed E-state index contributed by atoms with van der Waals surface area (Å²) in [6.45, 7) is 9.01. The van der Waals surface area contributed by atoms with Gasteiger partial charge >= 0.3 is 0 Å². The summed E-state index contributed by atoms with van der Waals surface area (Å²) in [4.78, 5) is 20.5. The highest BCUT2D eigenvalue weighted by Crippen LogP contribution is 2.24. The van der Waals surface area contributed by atoms with Crippen molar-refractivity contribution in [2.45, 2.75) is 13.0 Å². The number of rotatable bonds is 5. The van der Waals surface area contributed by atoms with Crippen molar-refractivity contribution < 1.29 is 9.90 Å². The predicted molar refractivity (Wildman–Crippen MR) is 117 cm³/mol. The third-order valence-electron chi connectivity index (χ3n) is 4.73. The lowest BCUT2D eigenvalue weighted by Crippen LogP contribution is -2.17. The van der Waals surface area contributed by atoms with Crippen LogP contribution in [0.25, 0.3) is 10.5 Å². The lowest BCUT2D eigenvalue weighted by Gasteiger charge is -2.13. The van der Waals surface area contributed by atoms with Crippen LogP contribution in [0.3, 0.4) is 0 Å². The van der Waals surface area contributed by atoms with Gasteiger partial charge in [0.15, 0.2) is 5.69 Å². The maximum Gasteiger partial charge on any atom is 0.274 e. The van der Waals surface area contributed by atoms with E-state index in [9.17, 15) is 9.90 Å². The van der Waals surface area contributed by atoms with Crippen LogP contribution in [-0.2, 0) is 0 Å². The highest BCUT2D eigenvalue weighted by atomic mass is 16.3. The van der Waals surface area contributed by atoms with E-state index in [2.05, 4.69) is 20.2 Å². The SMILES string of the molecule is [C-]#[N+]c1cccc(-n2nc(C)cc2C(=O)Nc2cccc(C(O)c3cccnc3)c2)c1. The lowest BCUT2D eigenvalue weighted by atomic mass is 10.0. The molecular formula is C24H19N5O2. The minimum atomic E-state index is -0.852. The molecule has 0 saturated carbocycles. The van der Waals surface area contributed by atoms with Gasteiger partial charge in [0.25, 0.3) is 5.91 Å². The molecule has 2 aromatic carbocycles. The molecule has 0 saturated heterocycles. The number of nitrogens with one attached hydrogen (secondary N) is 1. The van der Waals surface area contributed by atoms with Crippen LogP contribution in [0.1, 0.15) is 33.4 Å². The third-order valence-corrected chi connectivity index (χ3v) is 4.73. The molecule has 0 aliphatic carbocycles. The number of aryl methyl sites for hydroxylation is 1. The van der Waals surface area contributed by atoms with Crippen molar-refractivity contribution in [2.75, 3.05) is 5.32 Å². The van der Waals surface area contributed by atoms with E-state index in [1.54, 1.807) is 86.0 Å². The molecule has 7 heteroatoms. The summed E-state index contributed by atoms with van der Waals surface area (Å²) in [6.07, 6.45) is 2.40. The summed E-state index contributed by atoms with van der Waals surface area (Å²) in [5.41, 5.74) is 3.98. The van der Waals surface area contributed by atoms with Gasteiger partial charge in [0.05, 0.1) is 18.0 Å². The monoisotopic (exact) mass is 409 g/mol. The van der Waals surface area contributed by atoms with Crippen molar-refractivity contribution in [1.29, 1.82) is 0 Å². The molecule has 0 radical (unpaired) electrons.